The van der Waals surface area contributed by atoms with Crippen molar-refractivity contribution in [1.82, 2.24) is 9.97 Å². The molecule has 2 aromatic rings. The molecule has 0 saturated heterocycles. The number of alkyl halides is 3. The maximum atomic E-state index is 12.7. The number of hydrogen-bond donors (Lipinski definition) is 1. The Labute approximate surface area is 122 Å². The maximum absolute atomic E-state index is 12.7. The van der Waals surface area contributed by atoms with Crippen molar-refractivity contribution in [2.75, 3.05) is 12.4 Å². The second-order valence-electron chi connectivity index (χ2n) is 3.84. The van der Waals surface area contributed by atoms with Gasteiger partial charge in [-0.1, -0.05) is 29.3 Å². The monoisotopic (exact) mass is 321 g/mol. The third-order valence-corrected chi connectivity index (χ3v) is 3.19. The van der Waals surface area contributed by atoms with Gasteiger partial charge in [-0.25, -0.2) is 9.97 Å². The average molecular weight is 322 g/mol. The van der Waals surface area contributed by atoms with E-state index in [1.807, 2.05) is 0 Å². The van der Waals surface area contributed by atoms with Gasteiger partial charge in [0.25, 0.3) is 0 Å². The zero-order valence-electron chi connectivity index (χ0n) is 10.1. The number of halogens is 5. The second-order valence-corrected chi connectivity index (χ2v) is 4.65. The lowest BCUT2D eigenvalue weighted by Gasteiger charge is -2.10. The Hall–Kier alpha value is -1.53. The third-order valence-electron chi connectivity index (χ3n) is 2.45. The molecule has 8 heteroatoms. The molecule has 3 nitrogen and oxygen atoms in total. The predicted octanol–water partition coefficient (Wildman–Crippen LogP) is 4.51. The van der Waals surface area contributed by atoms with Crippen molar-refractivity contribution in [3.05, 3.63) is 40.1 Å². The molecule has 0 atom stereocenters. The van der Waals surface area contributed by atoms with Crippen LogP contribution in [0.3, 0.4) is 0 Å². The molecule has 2 rings (SSSR count). The van der Waals surface area contributed by atoms with Crippen LogP contribution in [0.5, 0.6) is 0 Å². The van der Waals surface area contributed by atoms with E-state index >= 15 is 0 Å². The first-order chi connectivity index (χ1) is 9.31. The summed E-state index contributed by atoms with van der Waals surface area (Å²) >= 11 is 11.6. The molecule has 0 saturated carbocycles. The SMILES string of the molecule is CNc1cc(-c2ccc(Cl)c(Cl)c2)nc(C(F)(F)F)n1. The fourth-order valence-corrected chi connectivity index (χ4v) is 1.80. The smallest absolute Gasteiger partial charge is 0.373 e. The first kappa shape index (κ1) is 14.9. The number of nitrogens with zero attached hydrogens (tertiary/aromatic N) is 2. The molecule has 0 aliphatic carbocycles. The van der Waals surface area contributed by atoms with Crippen LogP contribution in [0.25, 0.3) is 11.3 Å². The molecule has 1 aromatic heterocycles. The summed E-state index contributed by atoms with van der Waals surface area (Å²) in [7, 11) is 1.47. The molecule has 0 amide bonds. The molecule has 0 unspecified atom stereocenters. The van der Waals surface area contributed by atoms with Crippen molar-refractivity contribution >= 4 is 29.0 Å². The number of aromatic nitrogens is 2. The average Bonchev–Trinajstić information content (AvgIpc) is 2.40. The highest BCUT2D eigenvalue weighted by Crippen LogP contribution is 2.32. The van der Waals surface area contributed by atoms with Crippen molar-refractivity contribution < 1.29 is 13.2 Å². The van der Waals surface area contributed by atoms with Gasteiger partial charge in [-0.05, 0) is 12.1 Å². The number of benzene rings is 1. The van der Waals surface area contributed by atoms with Gasteiger partial charge in [-0.2, -0.15) is 13.2 Å². The van der Waals surface area contributed by atoms with Gasteiger partial charge in [0, 0.05) is 18.7 Å². The summed E-state index contributed by atoms with van der Waals surface area (Å²) in [5.41, 5.74) is 0.527. The fourth-order valence-electron chi connectivity index (χ4n) is 1.51. The Bertz CT molecular complexity index is 644. The molecule has 1 aromatic carbocycles. The Kier molecular flexibility index (Phi) is 4.06. The molecule has 0 fully saturated rings. The van der Waals surface area contributed by atoms with Crippen molar-refractivity contribution in [3.63, 3.8) is 0 Å². The Balaban J connectivity index is 2.58. The molecule has 20 heavy (non-hydrogen) atoms. The summed E-state index contributed by atoms with van der Waals surface area (Å²) in [6.07, 6.45) is -4.63. The lowest BCUT2D eigenvalue weighted by atomic mass is 10.1. The van der Waals surface area contributed by atoms with Gasteiger partial charge in [-0.15, -0.1) is 0 Å². The van der Waals surface area contributed by atoms with Gasteiger partial charge in [0.15, 0.2) is 0 Å². The molecular formula is C12H8Cl2F3N3. The molecule has 0 aliphatic rings. The summed E-state index contributed by atoms with van der Waals surface area (Å²) in [6, 6.07) is 5.88. The maximum Gasteiger partial charge on any atom is 0.451 e. The summed E-state index contributed by atoms with van der Waals surface area (Å²) in [5.74, 6) is -1.15. The number of hydrogen-bond acceptors (Lipinski definition) is 3. The van der Waals surface area contributed by atoms with E-state index in [4.69, 9.17) is 23.2 Å². The molecule has 1 N–H and O–H groups in total. The standard InChI is InChI=1S/C12H8Cl2F3N3/c1-18-10-5-9(19-11(20-10)12(15,16)17)6-2-3-7(13)8(14)4-6/h2-5H,1H3,(H,18,19,20). The third kappa shape index (κ3) is 3.13. The lowest BCUT2D eigenvalue weighted by molar-refractivity contribution is -0.144. The quantitative estimate of drug-likeness (QED) is 0.884. The van der Waals surface area contributed by atoms with E-state index in [1.54, 1.807) is 0 Å². The molecule has 0 spiro atoms. The Morgan fingerprint density at radius 2 is 1.75 bits per heavy atom. The first-order valence-electron chi connectivity index (χ1n) is 5.40. The highest BCUT2D eigenvalue weighted by atomic mass is 35.5. The Morgan fingerprint density at radius 3 is 2.30 bits per heavy atom. The number of nitrogens with one attached hydrogen (secondary N) is 1. The van der Waals surface area contributed by atoms with E-state index in [0.717, 1.165) is 0 Å². The minimum atomic E-state index is -4.63. The van der Waals surface area contributed by atoms with Crippen molar-refractivity contribution in [2.45, 2.75) is 6.18 Å². The van der Waals surface area contributed by atoms with E-state index < -0.39 is 12.0 Å². The number of rotatable bonds is 2. The summed E-state index contributed by atoms with van der Waals surface area (Å²) in [5, 5.41) is 3.12. The minimum Gasteiger partial charge on any atom is -0.373 e. The van der Waals surface area contributed by atoms with Crippen LogP contribution < -0.4 is 5.32 Å². The minimum absolute atomic E-state index is 0.0633. The summed E-state index contributed by atoms with van der Waals surface area (Å²) in [6.45, 7) is 0. The van der Waals surface area contributed by atoms with Gasteiger partial charge in [0.05, 0.1) is 15.7 Å². The topological polar surface area (TPSA) is 37.8 Å². The molecule has 0 aliphatic heterocycles. The van der Waals surface area contributed by atoms with Crippen LogP contribution in [0.1, 0.15) is 5.82 Å². The molecule has 106 valence electrons. The second kappa shape index (κ2) is 5.46. The number of anilines is 1. The van der Waals surface area contributed by atoms with Gasteiger partial charge in [0.2, 0.25) is 5.82 Å². The molecule has 1 heterocycles. The van der Waals surface area contributed by atoms with E-state index in [9.17, 15) is 13.2 Å². The van der Waals surface area contributed by atoms with Crippen LogP contribution in [-0.2, 0) is 6.18 Å². The van der Waals surface area contributed by atoms with Gasteiger partial charge >= 0.3 is 6.18 Å². The van der Waals surface area contributed by atoms with Crippen LogP contribution in [0.2, 0.25) is 10.0 Å². The van der Waals surface area contributed by atoms with Crippen LogP contribution >= 0.6 is 23.2 Å². The van der Waals surface area contributed by atoms with E-state index in [1.165, 1.54) is 31.3 Å². The zero-order chi connectivity index (χ0) is 14.9. The summed E-state index contributed by atoms with van der Waals surface area (Å²) < 4.78 is 38.2. The summed E-state index contributed by atoms with van der Waals surface area (Å²) in [4.78, 5) is 6.90. The molecular weight excluding hydrogens is 314 g/mol. The van der Waals surface area contributed by atoms with Crippen molar-refractivity contribution in [2.24, 2.45) is 0 Å². The van der Waals surface area contributed by atoms with Gasteiger partial charge in [0.1, 0.15) is 5.82 Å². The van der Waals surface area contributed by atoms with Crippen LogP contribution in [-0.4, -0.2) is 17.0 Å². The normalized spacial score (nSPS) is 11.5. The van der Waals surface area contributed by atoms with Gasteiger partial charge in [-0.3, -0.25) is 0 Å². The predicted molar refractivity (Wildman–Crippen MR) is 72.0 cm³/mol. The fraction of sp³-hybridized carbons (Fsp3) is 0.167. The van der Waals surface area contributed by atoms with E-state index in [-0.39, 0.29) is 16.5 Å². The molecule has 0 bridgehead atoms. The molecule has 0 radical (unpaired) electrons. The van der Waals surface area contributed by atoms with Crippen LogP contribution in [0, 0.1) is 0 Å². The van der Waals surface area contributed by atoms with E-state index in [2.05, 4.69) is 15.3 Å². The highest BCUT2D eigenvalue weighted by molar-refractivity contribution is 6.42. The van der Waals surface area contributed by atoms with Crippen LogP contribution in [0.15, 0.2) is 24.3 Å². The Morgan fingerprint density at radius 1 is 1.05 bits per heavy atom. The zero-order valence-corrected chi connectivity index (χ0v) is 11.6. The first-order valence-corrected chi connectivity index (χ1v) is 6.16. The van der Waals surface area contributed by atoms with Crippen molar-refractivity contribution in [1.29, 1.82) is 0 Å². The van der Waals surface area contributed by atoms with E-state index in [0.29, 0.717) is 10.6 Å². The highest BCUT2D eigenvalue weighted by Gasteiger charge is 2.35. The largest absolute Gasteiger partial charge is 0.451 e. The van der Waals surface area contributed by atoms with Crippen molar-refractivity contribution in [3.8, 4) is 11.3 Å². The van der Waals surface area contributed by atoms with Crippen LogP contribution in [0.4, 0.5) is 19.0 Å². The lowest BCUT2D eigenvalue weighted by Crippen LogP contribution is -2.13. The van der Waals surface area contributed by atoms with Gasteiger partial charge < -0.3 is 5.32 Å².